The van der Waals surface area contributed by atoms with Gasteiger partial charge in [0, 0.05) is 12.8 Å². The Bertz CT molecular complexity index is 646. The van der Waals surface area contributed by atoms with Crippen LogP contribution in [-0.4, -0.2) is 37.0 Å². The summed E-state index contributed by atoms with van der Waals surface area (Å²) < 4.78 is 21.5. The van der Waals surface area contributed by atoms with Crippen LogP contribution in [0.15, 0.2) is 4.34 Å². The molecule has 0 aliphatic rings. The monoisotopic (exact) mass is 317 g/mol. The van der Waals surface area contributed by atoms with Crippen LogP contribution >= 0.6 is 11.3 Å². The van der Waals surface area contributed by atoms with Gasteiger partial charge in [0.1, 0.15) is 0 Å². The summed E-state index contributed by atoms with van der Waals surface area (Å²) in [4.78, 5) is 22.7. The van der Waals surface area contributed by atoms with E-state index in [2.05, 4.69) is 26.8 Å². The number of amides is 2. The first-order chi connectivity index (χ1) is 9.32. The van der Waals surface area contributed by atoms with Crippen molar-refractivity contribution in [3.05, 3.63) is 0 Å². The highest BCUT2D eigenvalue weighted by atomic mass is 32.2. The highest BCUT2D eigenvalue weighted by Gasteiger charge is 2.16. The Morgan fingerprint density at radius 3 is 2.50 bits per heavy atom. The van der Waals surface area contributed by atoms with Gasteiger partial charge in [0.15, 0.2) is 0 Å². The number of hydrogen-bond acceptors (Lipinski definition) is 7. The van der Waals surface area contributed by atoms with Crippen LogP contribution in [0.4, 0.5) is 5.13 Å². The first-order valence-electron chi connectivity index (χ1n) is 5.19. The van der Waals surface area contributed by atoms with Crippen molar-refractivity contribution < 1.29 is 18.0 Å². The summed E-state index contributed by atoms with van der Waals surface area (Å²) in [6, 6.07) is 0. The van der Waals surface area contributed by atoms with Gasteiger partial charge in [-0.1, -0.05) is 17.3 Å². The molecule has 1 aromatic rings. The van der Waals surface area contributed by atoms with E-state index in [0.29, 0.717) is 11.3 Å². The molecule has 0 saturated carbocycles. The first kappa shape index (κ1) is 16.0. The number of nitrogens with two attached hydrogens (primary N) is 1. The first-order valence-corrected chi connectivity index (χ1v) is 7.55. The standard InChI is InChI=1S/C9H11N5O4S2/c1-2-5-11-6(15)3-4-7(16)12-8-13-14-9(19-8)20(10,17)18/h1H,3-5H2,(H,11,15)(H2,10,17,18)(H,12,13,16). The van der Waals surface area contributed by atoms with Crippen LogP contribution in [0.3, 0.4) is 0 Å². The number of sulfonamides is 1. The molecule has 0 radical (unpaired) electrons. The number of carbonyl (C=O) groups is 2. The fourth-order valence-electron chi connectivity index (χ4n) is 1.02. The van der Waals surface area contributed by atoms with Crippen LogP contribution in [-0.2, 0) is 19.6 Å². The molecule has 1 aromatic heterocycles. The minimum absolute atomic E-state index is 0.0111. The van der Waals surface area contributed by atoms with Gasteiger partial charge in [-0.15, -0.1) is 16.6 Å². The average molecular weight is 317 g/mol. The number of aromatic nitrogens is 2. The number of terminal acetylenes is 1. The van der Waals surface area contributed by atoms with Crippen molar-refractivity contribution in [2.45, 2.75) is 17.2 Å². The topological polar surface area (TPSA) is 144 Å². The smallest absolute Gasteiger partial charge is 0.267 e. The molecule has 0 fully saturated rings. The Labute approximate surface area is 119 Å². The zero-order chi connectivity index (χ0) is 15.2. The summed E-state index contributed by atoms with van der Waals surface area (Å²) in [5, 5.41) is 16.3. The lowest BCUT2D eigenvalue weighted by Gasteiger charge is -2.01. The Morgan fingerprint density at radius 2 is 1.95 bits per heavy atom. The summed E-state index contributed by atoms with van der Waals surface area (Å²) in [7, 11) is -3.94. The van der Waals surface area contributed by atoms with Crippen molar-refractivity contribution in [2.24, 2.45) is 5.14 Å². The highest BCUT2D eigenvalue weighted by molar-refractivity contribution is 7.91. The molecule has 1 heterocycles. The molecule has 1 rings (SSSR count). The molecule has 2 amide bonds. The van der Waals surface area contributed by atoms with Crippen LogP contribution in [0.25, 0.3) is 0 Å². The van der Waals surface area contributed by atoms with Gasteiger partial charge < -0.3 is 10.6 Å². The van der Waals surface area contributed by atoms with E-state index >= 15 is 0 Å². The third-order valence-electron chi connectivity index (χ3n) is 1.86. The molecule has 9 nitrogen and oxygen atoms in total. The molecule has 4 N–H and O–H groups in total. The molecule has 0 spiro atoms. The van der Waals surface area contributed by atoms with Gasteiger partial charge in [-0.3, -0.25) is 9.59 Å². The summed E-state index contributed by atoms with van der Waals surface area (Å²) >= 11 is 0.622. The van der Waals surface area contributed by atoms with E-state index in [9.17, 15) is 18.0 Å². The van der Waals surface area contributed by atoms with Crippen LogP contribution < -0.4 is 15.8 Å². The average Bonchev–Trinajstić information content (AvgIpc) is 2.82. The largest absolute Gasteiger partial charge is 0.345 e. The SMILES string of the molecule is C#CCNC(=O)CCC(=O)Nc1nnc(S(N)(=O)=O)s1. The Kier molecular flexibility index (Phi) is 5.56. The summed E-state index contributed by atoms with van der Waals surface area (Å²) in [5.74, 6) is 1.36. The van der Waals surface area contributed by atoms with Crippen LogP contribution in [0, 0.1) is 12.3 Å². The molecule has 0 bridgehead atoms. The minimum atomic E-state index is -3.94. The van der Waals surface area contributed by atoms with Gasteiger partial charge in [-0.2, -0.15) is 0 Å². The second kappa shape index (κ2) is 6.94. The van der Waals surface area contributed by atoms with Crippen molar-refractivity contribution in [3.8, 4) is 12.3 Å². The Hall–Kier alpha value is -2.03. The number of nitrogens with zero attached hydrogens (tertiary/aromatic N) is 2. The van der Waals surface area contributed by atoms with E-state index in [1.807, 2.05) is 0 Å². The lowest BCUT2D eigenvalue weighted by molar-refractivity contribution is -0.124. The molecule has 108 valence electrons. The molecule has 0 saturated heterocycles. The fourth-order valence-corrected chi connectivity index (χ4v) is 2.37. The summed E-state index contributed by atoms with van der Waals surface area (Å²) in [6.45, 7) is 0.0918. The maximum Gasteiger partial charge on any atom is 0.267 e. The maximum absolute atomic E-state index is 11.5. The van der Waals surface area contributed by atoms with Crippen molar-refractivity contribution in [1.82, 2.24) is 15.5 Å². The molecule has 0 atom stereocenters. The zero-order valence-electron chi connectivity index (χ0n) is 10.1. The Balaban J connectivity index is 2.45. The van der Waals surface area contributed by atoms with Crippen LogP contribution in [0.1, 0.15) is 12.8 Å². The maximum atomic E-state index is 11.5. The van der Waals surface area contributed by atoms with Gasteiger partial charge in [-0.05, 0) is 0 Å². The van der Waals surface area contributed by atoms with E-state index in [1.54, 1.807) is 0 Å². The third-order valence-corrected chi connectivity index (χ3v) is 4.01. The van der Waals surface area contributed by atoms with Crippen molar-refractivity contribution in [3.63, 3.8) is 0 Å². The molecule has 20 heavy (non-hydrogen) atoms. The Morgan fingerprint density at radius 1 is 1.30 bits per heavy atom. The molecule has 0 aliphatic heterocycles. The zero-order valence-corrected chi connectivity index (χ0v) is 11.8. The van der Waals surface area contributed by atoms with Gasteiger partial charge in [-0.25, -0.2) is 13.6 Å². The lowest BCUT2D eigenvalue weighted by atomic mass is 10.3. The van der Waals surface area contributed by atoms with E-state index in [0.717, 1.165) is 0 Å². The van der Waals surface area contributed by atoms with Crippen LogP contribution in [0.5, 0.6) is 0 Å². The van der Waals surface area contributed by atoms with E-state index in [1.165, 1.54) is 0 Å². The summed E-state index contributed by atoms with van der Waals surface area (Å²) in [6.07, 6.45) is 4.81. The molecule has 11 heteroatoms. The van der Waals surface area contributed by atoms with Gasteiger partial charge in [0.05, 0.1) is 6.54 Å². The number of primary sulfonamides is 1. The number of anilines is 1. The van der Waals surface area contributed by atoms with E-state index < -0.39 is 20.3 Å². The van der Waals surface area contributed by atoms with E-state index in [4.69, 9.17) is 11.6 Å². The van der Waals surface area contributed by atoms with Gasteiger partial charge in [0.2, 0.25) is 21.3 Å². The number of hydrogen-bond donors (Lipinski definition) is 3. The molecule has 0 aliphatic carbocycles. The number of carbonyl (C=O) groups excluding carboxylic acids is 2. The summed E-state index contributed by atoms with van der Waals surface area (Å²) in [5.41, 5.74) is 0. The number of rotatable bonds is 6. The predicted molar refractivity (Wildman–Crippen MR) is 71.0 cm³/mol. The molecule has 0 unspecified atom stereocenters. The van der Waals surface area contributed by atoms with Gasteiger partial charge >= 0.3 is 0 Å². The quantitative estimate of drug-likeness (QED) is 0.437. The van der Waals surface area contributed by atoms with Gasteiger partial charge in [0.25, 0.3) is 10.0 Å². The lowest BCUT2D eigenvalue weighted by Crippen LogP contribution is -2.25. The normalized spacial score (nSPS) is 10.6. The fraction of sp³-hybridized carbons (Fsp3) is 0.333. The van der Waals surface area contributed by atoms with Crippen LogP contribution in [0.2, 0.25) is 0 Å². The predicted octanol–water partition coefficient (Wildman–Crippen LogP) is -1.35. The second-order valence-corrected chi connectivity index (χ2v) is 6.16. The molecular formula is C9H11N5O4S2. The van der Waals surface area contributed by atoms with Crippen molar-refractivity contribution in [1.29, 1.82) is 0 Å². The second-order valence-electron chi connectivity index (χ2n) is 3.45. The third kappa shape index (κ3) is 5.31. The minimum Gasteiger partial charge on any atom is -0.345 e. The van der Waals surface area contributed by atoms with Crippen molar-refractivity contribution in [2.75, 3.05) is 11.9 Å². The van der Waals surface area contributed by atoms with E-state index in [-0.39, 0.29) is 30.4 Å². The van der Waals surface area contributed by atoms with Crippen molar-refractivity contribution >= 4 is 38.3 Å². The number of nitrogens with one attached hydrogen (secondary N) is 2. The molecular weight excluding hydrogens is 306 g/mol. The molecule has 0 aromatic carbocycles. The highest BCUT2D eigenvalue weighted by Crippen LogP contribution is 2.18.